The Bertz CT molecular complexity index is 1360. The van der Waals surface area contributed by atoms with Gasteiger partial charge < -0.3 is 23.2 Å². The summed E-state index contributed by atoms with van der Waals surface area (Å²) in [4.78, 5) is 38.1. The lowest BCUT2D eigenvalue weighted by molar-refractivity contribution is -0.870. The van der Waals surface area contributed by atoms with Crippen molar-refractivity contribution in [3.05, 3.63) is 0 Å². The van der Waals surface area contributed by atoms with Gasteiger partial charge in [-0.15, -0.1) is 0 Å². The predicted molar refractivity (Wildman–Crippen MR) is 264 cm³/mol. The molecular weight excluding hydrogens is 797 g/mol. The predicted octanol–water partition coefficient (Wildman–Crippen LogP) is 13.3. The molecule has 0 aliphatic heterocycles. The van der Waals surface area contributed by atoms with Gasteiger partial charge in [0.1, 0.15) is 6.10 Å². The van der Waals surface area contributed by atoms with Crippen LogP contribution < -0.4 is 0 Å². The lowest BCUT2D eigenvalue weighted by atomic mass is 9.44. The van der Waals surface area contributed by atoms with E-state index >= 15 is 0 Å². The molecule has 0 bridgehead atoms. The zero-order valence-electron chi connectivity index (χ0n) is 43.6. The van der Waals surface area contributed by atoms with Crippen molar-refractivity contribution in [3.8, 4) is 0 Å². The normalized spacial score (nSPS) is 28.5. The zero-order chi connectivity index (χ0) is 46.6. The van der Waals surface area contributed by atoms with Crippen molar-refractivity contribution in [1.29, 1.82) is 0 Å². The van der Waals surface area contributed by atoms with Crippen LogP contribution in [0.15, 0.2) is 0 Å². The Kier molecular flexibility index (Phi) is 23.5. The van der Waals surface area contributed by atoms with Crippen LogP contribution in [0.1, 0.15) is 220 Å². The Morgan fingerprint density at radius 2 is 0.969 bits per heavy atom. The molecule has 8 nitrogen and oxygen atoms in total. The minimum Gasteiger partial charge on any atom is -0.466 e. The number of rotatable bonds is 32. The first-order valence-electron chi connectivity index (χ1n) is 27.5. The number of quaternary nitrogens is 2. The average molecular weight is 901 g/mol. The monoisotopic (exact) mass is 901 g/mol. The van der Waals surface area contributed by atoms with Crippen molar-refractivity contribution in [1.82, 2.24) is 0 Å². The fourth-order valence-electron chi connectivity index (χ4n) is 13.7. The summed E-state index contributed by atoms with van der Waals surface area (Å²) in [5, 5.41) is 0. The molecule has 0 aromatic heterocycles. The number of esters is 3. The lowest BCUT2D eigenvalue weighted by Crippen LogP contribution is -2.54. The number of carbonyl (C=O) groups excluding carboxylic acids is 3. The standard InChI is InChI=1S/C56H104N2O6/c1-45(28-33-52(59)62-42-26-22-18-14-10-12-16-20-24-40-57(4,5)6)49-31-32-50-48-30-29-46-44-47(36-38-55(46,2)51(48)37-39-56(49,50)3)64-54(61)35-34-53(60)63-43-27-23-19-15-11-13-17-21-25-41-58(7,8)9/h45-51H,10-44H2,1-9H3/q+2/t45-,46-,47-,48+,49-,50+,51+,55+,56-/m1/s1. The number of carbonyl (C=O) groups is 3. The van der Waals surface area contributed by atoms with Crippen LogP contribution in [0.2, 0.25) is 0 Å². The summed E-state index contributed by atoms with van der Waals surface area (Å²) in [5.74, 6) is 3.68. The molecule has 4 fully saturated rings. The van der Waals surface area contributed by atoms with E-state index in [2.05, 4.69) is 63.1 Å². The molecular formula is C56H104N2O6+2. The number of fused-ring (bicyclic) bond motifs is 5. The molecule has 9 atom stereocenters. The van der Waals surface area contributed by atoms with Gasteiger partial charge in [-0.25, -0.2) is 0 Å². The van der Waals surface area contributed by atoms with Gasteiger partial charge in [0.05, 0.1) is 81.4 Å². The molecule has 0 radical (unpaired) electrons. The molecule has 64 heavy (non-hydrogen) atoms. The number of hydrogen-bond donors (Lipinski definition) is 0. The summed E-state index contributed by atoms with van der Waals surface area (Å²) in [6.45, 7) is 11.2. The number of nitrogens with zero attached hydrogens (tertiary/aromatic N) is 2. The molecule has 0 saturated heterocycles. The van der Waals surface area contributed by atoms with Gasteiger partial charge in [0, 0.05) is 6.42 Å². The maximum atomic E-state index is 12.9. The quantitative estimate of drug-likeness (QED) is 0.0290. The first-order chi connectivity index (χ1) is 30.4. The topological polar surface area (TPSA) is 78.9 Å². The van der Waals surface area contributed by atoms with Gasteiger partial charge in [0.25, 0.3) is 0 Å². The molecule has 0 aromatic carbocycles. The van der Waals surface area contributed by atoms with E-state index in [1.54, 1.807) is 0 Å². The van der Waals surface area contributed by atoms with E-state index in [1.807, 2.05) is 0 Å². The third kappa shape index (κ3) is 18.8. The zero-order valence-corrected chi connectivity index (χ0v) is 43.6. The molecule has 0 amide bonds. The summed E-state index contributed by atoms with van der Waals surface area (Å²) >= 11 is 0. The van der Waals surface area contributed by atoms with Crippen molar-refractivity contribution in [2.75, 3.05) is 68.6 Å². The molecule has 0 heterocycles. The molecule has 8 heteroatoms. The molecule has 4 aliphatic carbocycles. The molecule has 4 rings (SSSR count). The Morgan fingerprint density at radius 3 is 1.50 bits per heavy atom. The van der Waals surface area contributed by atoms with Gasteiger partial charge >= 0.3 is 17.9 Å². The van der Waals surface area contributed by atoms with Gasteiger partial charge in [-0.2, -0.15) is 0 Å². The number of unbranched alkanes of at least 4 members (excludes halogenated alkanes) is 16. The van der Waals surface area contributed by atoms with E-state index in [0.717, 1.165) is 71.7 Å². The van der Waals surface area contributed by atoms with Crippen LogP contribution in [0.3, 0.4) is 0 Å². The minimum absolute atomic E-state index is 0.00786. The van der Waals surface area contributed by atoms with E-state index < -0.39 is 0 Å². The van der Waals surface area contributed by atoms with Crippen molar-refractivity contribution < 1.29 is 37.6 Å². The van der Waals surface area contributed by atoms with Crippen LogP contribution in [0.5, 0.6) is 0 Å². The third-order valence-corrected chi connectivity index (χ3v) is 17.5. The van der Waals surface area contributed by atoms with Crippen LogP contribution in [-0.2, 0) is 28.6 Å². The molecule has 372 valence electrons. The second kappa shape index (κ2) is 27.4. The van der Waals surface area contributed by atoms with Crippen molar-refractivity contribution in [2.45, 2.75) is 226 Å². The first-order valence-corrected chi connectivity index (χ1v) is 27.5. The summed E-state index contributed by atoms with van der Waals surface area (Å²) < 4.78 is 19.4. The largest absolute Gasteiger partial charge is 0.466 e. The Labute approximate surface area is 395 Å². The van der Waals surface area contributed by atoms with Crippen molar-refractivity contribution in [3.63, 3.8) is 0 Å². The van der Waals surface area contributed by atoms with E-state index in [9.17, 15) is 14.4 Å². The van der Waals surface area contributed by atoms with Crippen LogP contribution in [0, 0.1) is 46.3 Å². The minimum atomic E-state index is -0.273. The first kappa shape index (κ1) is 54.9. The highest BCUT2D eigenvalue weighted by Gasteiger charge is 2.60. The Balaban J connectivity index is 1.04. The summed E-state index contributed by atoms with van der Waals surface area (Å²) in [7, 11) is 13.6. The number of hydrogen-bond acceptors (Lipinski definition) is 6. The Hall–Kier alpha value is -1.67. The summed E-state index contributed by atoms with van der Waals surface area (Å²) in [6.07, 6.45) is 35.2. The van der Waals surface area contributed by atoms with Gasteiger partial charge in [-0.05, 0) is 149 Å². The highest BCUT2D eigenvalue weighted by atomic mass is 16.5. The van der Waals surface area contributed by atoms with Gasteiger partial charge in [0.2, 0.25) is 0 Å². The van der Waals surface area contributed by atoms with E-state index in [4.69, 9.17) is 14.2 Å². The van der Waals surface area contributed by atoms with Crippen molar-refractivity contribution in [2.24, 2.45) is 46.3 Å². The second-order valence-corrected chi connectivity index (χ2v) is 24.6. The van der Waals surface area contributed by atoms with Crippen LogP contribution in [0.4, 0.5) is 0 Å². The molecule has 0 unspecified atom stereocenters. The van der Waals surface area contributed by atoms with Crippen LogP contribution >= 0.6 is 0 Å². The van der Waals surface area contributed by atoms with Gasteiger partial charge in [-0.1, -0.05) is 97.8 Å². The smallest absolute Gasteiger partial charge is 0.306 e. The fraction of sp³-hybridized carbons (Fsp3) is 0.946. The maximum absolute atomic E-state index is 12.9. The van der Waals surface area contributed by atoms with Gasteiger partial charge in [0.15, 0.2) is 0 Å². The molecule has 4 aliphatic rings. The average Bonchev–Trinajstić information content (AvgIpc) is 3.59. The van der Waals surface area contributed by atoms with E-state index in [-0.39, 0.29) is 36.9 Å². The van der Waals surface area contributed by atoms with Crippen LogP contribution in [0.25, 0.3) is 0 Å². The van der Waals surface area contributed by atoms with E-state index in [0.29, 0.717) is 48.2 Å². The van der Waals surface area contributed by atoms with Crippen LogP contribution in [-0.4, -0.2) is 102 Å². The summed E-state index contributed by atoms with van der Waals surface area (Å²) in [5.41, 5.74) is 0.694. The summed E-state index contributed by atoms with van der Waals surface area (Å²) in [6, 6.07) is 0. The fourth-order valence-corrected chi connectivity index (χ4v) is 13.7. The highest BCUT2D eigenvalue weighted by Crippen LogP contribution is 2.68. The molecule has 0 N–H and O–H groups in total. The molecule has 0 aromatic rings. The van der Waals surface area contributed by atoms with Crippen molar-refractivity contribution >= 4 is 17.9 Å². The molecule has 4 saturated carbocycles. The second-order valence-electron chi connectivity index (χ2n) is 24.6. The van der Waals surface area contributed by atoms with Gasteiger partial charge in [-0.3, -0.25) is 14.4 Å². The maximum Gasteiger partial charge on any atom is 0.306 e. The molecule has 0 spiro atoms. The highest BCUT2D eigenvalue weighted by molar-refractivity contribution is 5.77. The number of ether oxygens (including phenoxy) is 3. The third-order valence-electron chi connectivity index (χ3n) is 17.5. The van der Waals surface area contributed by atoms with E-state index in [1.165, 1.54) is 148 Å². The lowest BCUT2D eigenvalue weighted by Gasteiger charge is -2.61. The SMILES string of the molecule is C[C@H](CCC(=O)OCCCCCCCCCCC[N+](C)(C)C)[C@H]1CC[C@H]2[C@@H]3CC[C@@H]4C[C@H](OC(=O)CCC(=O)OCCCCCCCCCCC[N+](C)(C)C)CC[C@]4(C)[C@H]3CC[C@]12C. The Morgan fingerprint density at radius 1 is 0.516 bits per heavy atom.